The molecule has 0 amide bonds. The predicted octanol–water partition coefficient (Wildman–Crippen LogP) is 13.5. The molecule has 0 saturated heterocycles. The number of pyridine rings is 1. The molecule has 2 aromatic heterocycles. The van der Waals surface area contributed by atoms with E-state index in [0.29, 0.717) is 5.92 Å². The van der Waals surface area contributed by atoms with Gasteiger partial charge in [-0.3, -0.25) is 9.78 Å². The predicted molar refractivity (Wildman–Crippen MR) is 219 cm³/mol. The van der Waals surface area contributed by atoms with E-state index in [1.165, 1.54) is 55.8 Å². The Labute approximate surface area is 332 Å². The topological polar surface area (TPSA) is 63.3 Å². The number of carbonyl (C=O) groups is 1. The third kappa shape index (κ3) is 7.85. The van der Waals surface area contributed by atoms with Crippen molar-refractivity contribution in [3.05, 3.63) is 99.8 Å². The summed E-state index contributed by atoms with van der Waals surface area (Å²) in [6.45, 7) is 27.8. The van der Waals surface area contributed by atoms with Crippen LogP contribution < -0.4 is 0 Å². The van der Waals surface area contributed by atoms with Gasteiger partial charge in [0, 0.05) is 53.3 Å². The van der Waals surface area contributed by atoms with Crippen LogP contribution >= 0.6 is 0 Å². The summed E-state index contributed by atoms with van der Waals surface area (Å²) < 4.78 is 6.51. The van der Waals surface area contributed by atoms with Crippen LogP contribution in [-0.2, 0) is 36.7 Å². The van der Waals surface area contributed by atoms with Gasteiger partial charge in [-0.25, -0.2) is 0 Å². The molecule has 0 spiro atoms. The Balaban J connectivity index is 0.000000299. The van der Waals surface area contributed by atoms with Gasteiger partial charge in [0.25, 0.3) is 0 Å². The summed E-state index contributed by atoms with van der Waals surface area (Å²) in [5, 5.41) is 12.6. The molecule has 1 N–H and O–H groups in total. The second kappa shape index (κ2) is 16.1. The molecular formula is C48H60IrNO3-. The maximum Gasteiger partial charge on any atom is 0.164 e. The van der Waals surface area contributed by atoms with E-state index in [9.17, 15) is 9.90 Å². The minimum absolute atomic E-state index is 0. The summed E-state index contributed by atoms with van der Waals surface area (Å²) in [4.78, 5) is 17.3. The Bertz CT molecular complexity index is 2160. The maximum atomic E-state index is 12.2. The van der Waals surface area contributed by atoms with Crippen molar-refractivity contribution in [2.75, 3.05) is 0 Å². The average molecular weight is 891 g/mol. The number of hydrogen-bond donors (Lipinski definition) is 1. The van der Waals surface area contributed by atoms with Crippen molar-refractivity contribution in [1.82, 2.24) is 4.98 Å². The summed E-state index contributed by atoms with van der Waals surface area (Å²) in [5.74, 6) is 1.91. The van der Waals surface area contributed by atoms with Crippen LogP contribution in [0, 0.1) is 43.6 Å². The van der Waals surface area contributed by atoms with Crippen molar-refractivity contribution >= 4 is 27.7 Å². The van der Waals surface area contributed by atoms with E-state index < -0.39 is 0 Å². The van der Waals surface area contributed by atoms with E-state index in [1.807, 2.05) is 47.6 Å². The molecule has 0 saturated carbocycles. The molecule has 4 nitrogen and oxygen atoms in total. The Morgan fingerprint density at radius 1 is 0.906 bits per heavy atom. The van der Waals surface area contributed by atoms with Crippen molar-refractivity contribution in [3.8, 4) is 22.6 Å². The van der Waals surface area contributed by atoms with E-state index in [4.69, 9.17) is 9.40 Å². The number of aromatic nitrogens is 1. The van der Waals surface area contributed by atoms with Gasteiger partial charge in [0.1, 0.15) is 17.1 Å². The van der Waals surface area contributed by atoms with E-state index in [2.05, 4.69) is 97.0 Å². The van der Waals surface area contributed by atoms with Crippen LogP contribution in [0.1, 0.15) is 128 Å². The first-order valence-electron chi connectivity index (χ1n) is 19.4. The monoisotopic (exact) mass is 891 g/mol. The molecule has 0 aliphatic heterocycles. The van der Waals surface area contributed by atoms with Gasteiger partial charge in [-0.1, -0.05) is 93.0 Å². The zero-order valence-corrected chi connectivity index (χ0v) is 36.7. The van der Waals surface area contributed by atoms with Crippen molar-refractivity contribution < 1.29 is 34.4 Å². The quantitative estimate of drug-likeness (QED) is 0.0862. The Morgan fingerprint density at radius 3 is 2.13 bits per heavy atom. The number of allylic oxidation sites excluding steroid dienone is 2. The van der Waals surface area contributed by atoms with Crippen LogP contribution in [0.25, 0.3) is 44.5 Å². The van der Waals surface area contributed by atoms with Crippen LogP contribution in [0.15, 0.2) is 64.8 Å². The third-order valence-electron chi connectivity index (χ3n) is 12.2. The molecular weight excluding hydrogens is 831 g/mol. The first kappa shape index (κ1) is 42.2. The fourth-order valence-corrected chi connectivity index (χ4v) is 8.01. The zero-order chi connectivity index (χ0) is 38.3. The van der Waals surface area contributed by atoms with Crippen LogP contribution in [0.5, 0.6) is 0 Å². The smallest absolute Gasteiger partial charge is 0.164 e. The van der Waals surface area contributed by atoms with E-state index in [1.54, 1.807) is 0 Å². The molecule has 3 aromatic carbocycles. The summed E-state index contributed by atoms with van der Waals surface area (Å²) in [5.41, 5.74) is 12.1. The zero-order valence-electron chi connectivity index (χ0n) is 34.4. The molecule has 53 heavy (non-hydrogen) atoms. The number of carbonyl (C=O) groups excluding carboxylic acids is 1. The van der Waals surface area contributed by atoms with Gasteiger partial charge < -0.3 is 9.52 Å². The molecule has 5 aromatic rings. The second-order valence-electron chi connectivity index (χ2n) is 16.7. The summed E-state index contributed by atoms with van der Waals surface area (Å²) in [6, 6.07) is 21.1. The number of ketones is 1. The van der Waals surface area contributed by atoms with Gasteiger partial charge in [-0.05, 0) is 110 Å². The summed E-state index contributed by atoms with van der Waals surface area (Å²) in [6.07, 6.45) is 5.83. The third-order valence-corrected chi connectivity index (χ3v) is 12.2. The number of benzene rings is 3. The number of nitrogens with zero attached hydrogens (tertiary/aromatic N) is 1. The van der Waals surface area contributed by atoms with Crippen molar-refractivity contribution in [2.45, 2.75) is 128 Å². The molecule has 6 rings (SSSR count). The van der Waals surface area contributed by atoms with Crippen molar-refractivity contribution in [1.29, 1.82) is 0 Å². The standard InChI is InChI=1S/C33H32NO.C15H28O2.Ir/c1-18(2)13-22-11-12-28-25(17-22)31-32(35-28)24-10-8-9-23(30(24)33(31,6)7)26-16-21(5)29-20(4)14-19(3)15-27(29)34-26;1-7-14(5,8-2)12(16)11-13(17)15(6,9-3)10-4;/h8,10-12,14-18H,13H2,1-7H3;11,16H,7-10H2,1-6H3;/q-1;;/b;12-11-;. The molecule has 0 fully saturated rings. The van der Waals surface area contributed by atoms with Crippen molar-refractivity contribution in [2.24, 2.45) is 16.7 Å². The summed E-state index contributed by atoms with van der Waals surface area (Å²) >= 11 is 0. The molecule has 0 atom stereocenters. The van der Waals surface area contributed by atoms with Crippen LogP contribution in [-0.4, -0.2) is 15.9 Å². The number of furan rings is 1. The molecule has 1 aliphatic rings. The number of aliphatic hydroxyl groups excluding tert-OH is 1. The van der Waals surface area contributed by atoms with Gasteiger partial charge in [-0.15, -0.1) is 29.3 Å². The molecule has 5 heteroatoms. The molecule has 1 aliphatic carbocycles. The Morgan fingerprint density at radius 2 is 1.53 bits per heavy atom. The fourth-order valence-electron chi connectivity index (χ4n) is 8.01. The van der Waals surface area contributed by atoms with Crippen LogP contribution in [0.3, 0.4) is 0 Å². The molecule has 0 bridgehead atoms. The minimum Gasteiger partial charge on any atom is -0.512 e. The first-order valence-corrected chi connectivity index (χ1v) is 19.4. The number of rotatable bonds is 10. The van der Waals surface area contributed by atoms with Crippen LogP contribution in [0.2, 0.25) is 0 Å². The van der Waals surface area contributed by atoms with E-state index >= 15 is 0 Å². The van der Waals surface area contributed by atoms with Crippen LogP contribution in [0.4, 0.5) is 0 Å². The molecule has 285 valence electrons. The Hall–Kier alpha value is -3.53. The van der Waals surface area contributed by atoms with Gasteiger partial charge in [0.2, 0.25) is 0 Å². The minimum atomic E-state index is -0.337. The fraction of sp³-hybridized carbons (Fsp3) is 0.458. The van der Waals surface area contributed by atoms with Gasteiger partial charge in [-0.2, -0.15) is 0 Å². The molecule has 0 unspecified atom stereocenters. The largest absolute Gasteiger partial charge is 0.512 e. The molecule has 1 radical (unpaired) electrons. The molecule has 2 heterocycles. The average Bonchev–Trinajstić information content (AvgIpc) is 3.59. The first-order chi connectivity index (χ1) is 24.4. The second-order valence-corrected chi connectivity index (χ2v) is 16.7. The van der Waals surface area contributed by atoms with Gasteiger partial charge in [0.05, 0.1) is 5.52 Å². The van der Waals surface area contributed by atoms with Gasteiger partial charge >= 0.3 is 0 Å². The van der Waals surface area contributed by atoms with Crippen molar-refractivity contribution in [3.63, 3.8) is 0 Å². The number of hydrogen-bond acceptors (Lipinski definition) is 4. The normalized spacial score (nSPS) is 13.8. The SMILES string of the molecule is CCC(C)(CC)C(=O)/C=C(\O)C(C)(CC)CC.Cc1cc(C)c2c(C)cc(-c3[c-]ccc4c3C(C)(C)c3c-4oc4ccc(CC(C)C)cc34)nc2c1.[Ir]. The number of fused-ring (bicyclic) bond motifs is 6. The van der Waals surface area contributed by atoms with E-state index in [0.717, 1.165) is 60.2 Å². The summed E-state index contributed by atoms with van der Waals surface area (Å²) in [7, 11) is 0. The van der Waals surface area contributed by atoms with E-state index in [-0.39, 0.29) is 47.9 Å². The number of aryl methyl sites for hydroxylation is 3. The maximum absolute atomic E-state index is 12.2. The number of aliphatic hydroxyl groups is 1. The Kier molecular flexibility index (Phi) is 12.8. The van der Waals surface area contributed by atoms with Gasteiger partial charge in [0.15, 0.2) is 5.78 Å².